The minimum Gasteiger partial charge on any atom is -0.298 e. The summed E-state index contributed by atoms with van der Waals surface area (Å²) in [4.78, 5) is 28.8. The molecule has 0 unspecified atom stereocenters. The molecular formula is C34H24N6O2S5. The Balaban J connectivity index is 1.39. The molecule has 13 heteroatoms. The molecule has 8 nitrogen and oxygen atoms in total. The Morgan fingerprint density at radius 3 is 1.89 bits per heavy atom. The van der Waals surface area contributed by atoms with Crippen molar-refractivity contribution >= 4 is 105 Å². The van der Waals surface area contributed by atoms with Crippen molar-refractivity contribution in [2.24, 2.45) is 0 Å². The number of hydrogen-bond acceptors (Lipinski definition) is 11. The van der Waals surface area contributed by atoms with E-state index in [-0.39, 0.29) is 27.7 Å². The number of allylic oxidation sites excluding steroid dienone is 1. The third-order valence-corrected chi connectivity index (χ3v) is 15.0. The van der Waals surface area contributed by atoms with Crippen molar-refractivity contribution in [1.82, 2.24) is 9.13 Å². The van der Waals surface area contributed by atoms with Crippen LogP contribution in [-0.2, 0) is 18.5 Å². The average molecular weight is 709 g/mol. The number of hydrogen-bond donors (Lipinski definition) is 0. The van der Waals surface area contributed by atoms with Gasteiger partial charge in [-0.25, -0.2) is 0 Å². The van der Waals surface area contributed by atoms with Crippen molar-refractivity contribution in [1.29, 1.82) is 21.0 Å². The molecule has 0 bridgehead atoms. The Labute approximate surface area is 288 Å². The maximum atomic E-state index is 13.4. The normalized spacial score (nSPS) is 15.8. The van der Waals surface area contributed by atoms with E-state index in [4.69, 9.17) is 0 Å². The third-order valence-electron chi connectivity index (χ3n) is 8.93. The van der Waals surface area contributed by atoms with E-state index in [1.807, 2.05) is 50.3 Å². The van der Waals surface area contributed by atoms with Crippen molar-refractivity contribution in [3.05, 3.63) is 66.1 Å². The molecule has 5 aromatic heterocycles. The molecule has 2 aliphatic rings. The summed E-state index contributed by atoms with van der Waals surface area (Å²) >= 11 is 7.61. The highest BCUT2D eigenvalue weighted by molar-refractivity contribution is 7.39. The maximum absolute atomic E-state index is 13.4. The van der Waals surface area contributed by atoms with Crippen LogP contribution in [0.2, 0.25) is 0 Å². The molecule has 2 aliphatic carbocycles. The van der Waals surface area contributed by atoms with Crippen LogP contribution in [0.25, 0.3) is 48.2 Å². The van der Waals surface area contributed by atoms with Crippen molar-refractivity contribution in [2.75, 3.05) is 0 Å². The van der Waals surface area contributed by atoms with Gasteiger partial charge in [-0.1, -0.05) is 19.3 Å². The average Bonchev–Trinajstić information content (AvgIpc) is 3.89. The zero-order chi connectivity index (χ0) is 33.0. The number of nitriles is 4. The number of rotatable bonds is 4. The van der Waals surface area contributed by atoms with E-state index in [9.17, 15) is 30.6 Å². The van der Waals surface area contributed by atoms with Gasteiger partial charge in [0, 0.05) is 33.0 Å². The lowest BCUT2D eigenvalue weighted by Gasteiger charge is -2.36. The SMILES string of the molecule is CCn1c(=C(C#N)C#N)s/c(=C\C2=Cc3sc4c(sc5cc(/C=c6\sc(=C(C#N)C#N)n(CC)c6=O)sc54)c3C23CCCCC3)c1=O. The quantitative estimate of drug-likeness (QED) is 0.259. The van der Waals surface area contributed by atoms with E-state index in [1.165, 1.54) is 62.8 Å². The van der Waals surface area contributed by atoms with Crippen LogP contribution in [-0.4, -0.2) is 9.13 Å². The molecule has 0 radical (unpaired) electrons. The summed E-state index contributed by atoms with van der Waals surface area (Å²) in [6.07, 6.45) is 11.5. The highest BCUT2D eigenvalue weighted by Crippen LogP contribution is 2.59. The van der Waals surface area contributed by atoms with Crippen LogP contribution in [0, 0.1) is 45.3 Å². The summed E-state index contributed by atoms with van der Waals surface area (Å²) in [7, 11) is 0. The van der Waals surface area contributed by atoms with Gasteiger partial charge in [-0.15, -0.1) is 56.7 Å². The molecule has 0 saturated heterocycles. The molecule has 0 aliphatic heterocycles. The van der Waals surface area contributed by atoms with Crippen LogP contribution in [0.1, 0.15) is 61.3 Å². The van der Waals surface area contributed by atoms with Crippen LogP contribution in [0.4, 0.5) is 0 Å². The number of nitrogens with zero attached hydrogens (tertiary/aromatic N) is 6. The van der Waals surface area contributed by atoms with Crippen molar-refractivity contribution in [2.45, 2.75) is 64.5 Å². The molecule has 232 valence electrons. The lowest BCUT2D eigenvalue weighted by Crippen LogP contribution is -2.33. The molecule has 7 rings (SSSR count). The minimum absolute atomic E-state index is 0.0413. The highest BCUT2D eigenvalue weighted by atomic mass is 32.1. The van der Waals surface area contributed by atoms with E-state index < -0.39 is 0 Å². The van der Waals surface area contributed by atoms with E-state index in [0.717, 1.165) is 40.8 Å². The molecule has 0 amide bonds. The van der Waals surface area contributed by atoms with E-state index in [1.54, 1.807) is 34.0 Å². The zero-order valence-corrected chi connectivity index (χ0v) is 29.4. The monoisotopic (exact) mass is 708 g/mol. The van der Waals surface area contributed by atoms with Gasteiger partial charge >= 0.3 is 0 Å². The zero-order valence-electron chi connectivity index (χ0n) is 25.3. The van der Waals surface area contributed by atoms with E-state index >= 15 is 0 Å². The summed E-state index contributed by atoms with van der Waals surface area (Å²) in [5.74, 6) is 0. The number of thiazole rings is 2. The fourth-order valence-electron chi connectivity index (χ4n) is 6.84. The van der Waals surface area contributed by atoms with E-state index in [0.29, 0.717) is 31.5 Å². The molecule has 1 saturated carbocycles. The molecule has 0 N–H and O–H groups in total. The predicted octanol–water partition coefficient (Wildman–Crippen LogP) is 4.97. The molecule has 1 spiro atoms. The second-order valence-corrected chi connectivity index (χ2v) is 16.6. The molecule has 1 fully saturated rings. The van der Waals surface area contributed by atoms with Gasteiger partial charge in [0.2, 0.25) is 0 Å². The fraction of sp³-hybridized carbons (Fsp3) is 0.294. The molecular weight excluding hydrogens is 685 g/mol. The number of aromatic nitrogens is 2. The first-order valence-electron chi connectivity index (χ1n) is 15.1. The second-order valence-electron chi connectivity index (χ2n) is 11.3. The number of fused-ring (bicyclic) bond motifs is 6. The summed E-state index contributed by atoms with van der Waals surface area (Å²) in [6.45, 7) is 4.44. The van der Waals surface area contributed by atoms with Gasteiger partial charge in [0.1, 0.15) is 33.6 Å². The standard InChI is InChI=1S/C34H24N6O2S5/c1-3-39-30(41)24(46-32(39)18(14-35)15-36)11-20-10-22-26(34(20)8-6-5-7-9-34)28-29(44-22)27-23(45-28)12-21(43-27)13-25-31(42)40(4-2)33(47-25)19(16-37)17-38/h10-13H,3-9H2,1-2H3/b24-11-,25-13-. The van der Waals surface area contributed by atoms with Gasteiger partial charge in [-0.3, -0.25) is 18.7 Å². The maximum Gasteiger partial charge on any atom is 0.269 e. The molecule has 0 aromatic carbocycles. The van der Waals surface area contributed by atoms with Gasteiger partial charge in [-0.2, -0.15) is 21.0 Å². The Kier molecular flexibility index (Phi) is 8.00. The Morgan fingerprint density at radius 2 is 1.34 bits per heavy atom. The summed E-state index contributed by atoms with van der Waals surface area (Å²) < 4.78 is 9.75. The second kappa shape index (κ2) is 12.0. The first-order valence-corrected chi connectivity index (χ1v) is 19.1. The minimum atomic E-state index is -0.196. The first-order chi connectivity index (χ1) is 22.8. The van der Waals surface area contributed by atoms with Gasteiger partial charge in [-0.05, 0) is 62.1 Å². The van der Waals surface area contributed by atoms with Crippen LogP contribution in [0.3, 0.4) is 0 Å². The predicted molar refractivity (Wildman–Crippen MR) is 192 cm³/mol. The highest BCUT2D eigenvalue weighted by Gasteiger charge is 2.44. The van der Waals surface area contributed by atoms with Crippen LogP contribution in [0.5, 0.6) is 0 Å². The summed E-state index contributed by atoms with van der Waals surface area (Å²) in [5.41, 5.74) is 1.86. The Bertz CT molecular complexity index is 2710. The fourth-order valence-corrected chi connectivity index (χ4v) is 13.5. The molecule has 5 heterocycles. The van der Waals surface area contributed by atoms with Crippen LogP contribution in [0.15, 0.2) is 21.2 Å². The van der Waals surface area contributed by atoms with Gasteiger partial charge < -0.3 is 0 Å². The molecule has 47 heavy (non-hydrogen) atoms. The van der Waals surface area contributed by atoms with Crippen LogP contribution < -0.4 is 29.5 Å². The Hall–Kier alpha value is -4.34. The molecule has 5 aromatic rings. The first kappa shape index (κ1) is 31.3. The van der Waals surface area contributed by atoms with Crippen molar-refractivity contribution < 1.29 is 0 Å². The van der Waals surface area contributed by atoms with Crippen LogP contribution >= 0.6 is 56.7 Å². The van der Waals surface area contributed by atoms with Crippen molar-refractivity contribution in [3.8, 4) is 24.3 Å². The smallest absolute Gasteiger partial charge is 0.269 e. The number of thiophene rings is 3. The van der Waals surface area contributed by atoms with E-state index in [2.05, 4.69) is 12.1 Å². The molecule has 0 atom stereocenters. The lowest BCUT2D eigenvalue weighted by atomic mass is 9.67. The topological polar surface area (TPSA) is 139 Å². The summed E-state index contributed by atoms with van der Waals surface area (Å²) in [6, 6.07) is 9.85. The van der Waals surface area contributed by atoms with Gasteiger partial charge in [0.25, 0.3) is 11.1 Å². The van der Waals surface area contributed by atoms with Gasteiger partial charge in [0.15, 0.2) is 11.1 Å². The third kappa shape index (κ3) is 4.73. The largest absolute Gasteiger partial charge is 0.298 e. The Morgan fingerprint density at radius 1 is 0.766 bits per heavy atom. The summed E-state index contributed by atoms with van der Waals surface area (Å²) in [5, 5.41) is 37.8. The van der Waals surface area contributed by atoms with Gasteiger partial charge in [0.05, 0.1) is 23.2 Å². The lowest BCUT2D eigenvalue weighted by molar-refractivity contribution is 0.356. The van der Waals surface area contributed by atoms with Crippen molar-refractivity contribution in [3.63, 3.8) is 0 Å².